The van der Waals surface area contributed by atoms with E-state index in [-0.39, 0.29) is 11.2 Å². The fraction of sp³-hybridized carbons (Fsp3) is 0.471. The summed E-state index contributed by atoms with van der Waals surface area (Å²) in [5.41, 5.74) is 6.40. The Labute approximate surface area is 145 Å². The van der Waals surface area contributed by atoms with Gasteiger partial charge in [-0.25, -0.2) is 9.97 Å². The first-order valence-electron chi connectivity index (χ1n) is 8.19. The molecule has 1 unspecified atom stereocenters. The van der Waals surface area contributed by atoms with E-state index < -0.39 is 0 Å². The van der Waals surface area contributed by atoms with Crippen LogP contribution in [-0.4, -0.2) is 52.3 Å². The van der Waals surface area contributed by atoms with E-state index in [1.54, 1.807) is 0 Å². The lowest BCUT2D eigenvalue weighted by molar-refractivity contribution is -0.117. The molecule has 6 nitrogen and oxygen atoms in total. The van der Waals surface area contributed by atoms with Crippen molar-refractivity contribution in [2.24, 2.45) is 5.73 Å². The molecule has 0 spiro atoms. The first kappa shape index (κ1) is 17.1. The molecule has 1 atom stereocenters. The normalized spacial score (nSPS) is 17.0. The molecule has 1 fully saturated rings. The zero-order valence-electron chi connectivity index (χ0n) is 13.8. The number of nitrogens with two attached hydrogens (primary N) is 1. The number of hydrogen-bond acceptors (Lipinski definition) is 6. The monoisotopic (exact) mass is 346 g/mol. The predicted octanol–water partition coefficient (Wildman–Crippen LogP) is 1.82. The Bertz CT molecular complexity index is 719. The topological polar surface area (TPSA) is 81.3 Å². The minimum atomic E-state index is -0.306. The van der Waals surface area contributed by atoms with Gasteiger partial charge < -0.3 is 10.5 Å². The van der Waals surface area contributed by atoms with Crippen molar-refractivity contribution in [2.75, 3.05) is 26.3 Å². The summed E-state index contributed by atoms with van der Waals surface area (Å²) in [4.78, 5) is 23.3. The maximum absolute atomic E-state index is 11.6. The zero-order chi connectivity index (χ0) is 16.9. The number of benzene rings is 1. The Morgan fingerprint density at radius 3 is 2.79 bits per heavy atom. The summed E-state index contributed by atoms with van der Waals surface area (Å²) in [5.74, 6) is 0.470. The van der Waals surface area contributed by atoms with Crippen molar-refractivity contribution in [3.8, 4) is 0 Å². The summed E-state index contributed by atoms with van der Waals surface area (Å²) < 4.78 is 5.39. The van der Waals surface area contributed by atoms with Crippen LogP contribution in [0.4, 0.5) is 0 Å². The van der Waals surface area contributed by atoms with Crippen LogP contribution in [-0.2, 0) is 16.1 Å². The van der Waals surface area contributed by atoms with Crippen LogP contribution in [0, 0.1) is 0 Å². The zero-order valence-corrected chi connectivity index (χ0v) is 14.6. The van der Waals surface area contributed by atoms with Gasteiger partial charge in [0.15, 0.2) is 0 Å². The number of thioether (sulfide) groups is 1. The quantitative estimate of drug-likeness (QED) is 0.635. The molecule has 128 valence electrons. The SMILES string of the molecule is CCC(Sc1nc(CN2CCOCC2)nc2ccccc12)C(N)=O. The van der Waals surface area contributed by atoms with E-state index in [0.717, 1.165) is 48.1 Å². The molecule has 0 saturated carbocycles. The Kier molecular flexibility index (Phi) is 5.65. The van der Waals surface area contributed by atoms with Gasteiger partial charge >= 0.3 is 0 Å². The van der Waals surface area contributed by atoms with E-state index in [9.17, 15) is 4.79 Å². The number of carbonyl (C=O) groups is 1. The molecule has 2 aromatic rings. The van der Waals surface area contributed by atoms with Gasteiger partial charge in [-0.05, 0) is 12.5 Å². The lowest BCUT2D eigenvalue weighted by Crippen LogP contribution is -2.36. The number of amides is 1. The van der Waals surface area contributed by atoms with Crippen molar-refractivity contribution in [3.05, 3.63) is 30.1 Å². The average Bonchev–Trinajstić information content (AvgIpc) is 2.60. The lowest BCUT2D eigenvalue weighted by atomic mass is 10.2. The third-order valence-electron chi connectivity index (χ3n) is 4.03. The number of rotatable bonds is 6. The van der Waals surface area contributed by atoms with E-state index >= 15 is 0 Å². The van der Waals surface area contributed by atoms with Gasteiger partial charge in [0.25, 0.3) is 0 Å². The third kappa shape index (κ3) is 4.03. The van der Waals surface area contributed by atoms with Gasteiger partial charge in [0.2, 0.25) is 5.91 Å². The predicted molar refractivity (Wildman–Crippen MR) is 94.8 cm³/mol. The summed E-state index contributed by atoms with van der Waals surface area (Å²) in [6.07, 6.45) is 0.678. The Hall–Kier alpha value is -1.70. The molecule has 24 heavy (non-hydrogen) atoms. The van der Waals surface area contributed by atoms with Crippen LogP contribution in [0.15, 0.2) is 29.3 Å². The number of ether oxygens (including phenoxy) is 1. The number of nitrogens with zero attached hydrogens (tertiary/aromatic N) is 3. The summed E-state index contributed by atoms with van der Waals surface area (Å²) in [6.45, 7) is 5.91. The van der Waals surface area contributed by atoms with Crippen LogP contribution in [0.25, 0.3) is 10.9 Å². The van der Waals surface area contributed by atoms with Gasteiger partial charge in [0.05, 0.1) is 30.5 Å². The fourth-order valence-electron chi connectivity index (χ4n) is 2.69. The van der Waals surface area contributed by atoms with Gasteiger partial charge in [-0.1, -0.05) is 36.9 Å². The van der Waals surface area contributed by atoms with Gasteiger partial charge in [-0.3, -0.25) is 9.69 Å². The molecule has 0 aliphatic carbocycles. The number of fused-ring (bicyclic) bond motifs is 1. The summed E-state index contributed by atoms with van der Waals surface area (Å²) in [5, 5.41) is 1.52. The highest BCUT2D eigenvalue weighted by molar-refractivity contribution is 8.00. The number of carbonyl (C=O) groups excluding carboxylic acids is 1. The van der Waals surface area contributed by atoms with Gasteiger partial charge in [0, 0.05) is 18.5 Å². The highest BCUT2D eigenvalue weighted by Crippen LogP contribution is 2.30. The Morgan fingerprint density at radius 2 is 2.08 bits per heavy atom. The van der Waals surface area contributed by atoms with Crippen LogP contribution in [0.1, 0.15) is 19.2 Å². The number of para-hydroxylation sites is 1. The second-order valence-electron chi connectivity index (χ2n) is 5.77. The van der Waals surface area contributed by atoms with Crippen LogP contribution >= 0.6 is 11.8 Å². The molecule has 7 heteroatoms. The van der Waals surface area contributed by atoms with Crippen molar-refractivity contribution in [2.45, 2.75) is 30.2 Å². The van der Waals surface area contributed by atoms with Crippen molar-refractivity contribution < 1.29 is 9.53 Å². The van der Waals surface area contributed by atoms with E-state index in [2.05, 4.69) is 9.88 Å². The second kappa shape index (κ2) is 7.92. The van der Waals surface area contributed by atoms with Crippen LogP contribution in [0.5, 0.6) is 0 Å². The molecule has 0 bridgehead atoms. The first-order chi connectivity index (χ1) is 11.7. The number of aromatic nitrogens is 2. The summed E-state index contributed by atoms with van der Waals surface area (Å²) in [7, 11) is 0. The van der Waals surface area contributed by atoms with E-state index in [4.69, 9.17) is 15.5 Å². The highest BCUT2D eigenvalue weighted by atomic mass is 32.2. The lowest BCUT2D eigenvalue weighted by Gasteiger charge is -2.26. The molecule has 1 aliphatic rings. The smallest absolute Gasteiger partial charge is 0.230 e. The number of primary amides is 1. The van der Waals surface area contributed by atoms with E-state index in [1.165, 1.54) is 11.8 Å². The van der Waals surface area contributed by atoms with Gasteiger partial charge in [0.1, 0.15) is 10.9 Å². The summed E-state index contributed by atoms with van der Waals surface area (Å²) >= 11 is 1.43. The molecular formula is C17H22N4O2S. The molecule has 1 aromatic carbocycles. The van der Waals surface area contributed by atoms with Crippen molar-refractivity contribution >= 4 is 28.6 Å². The van der Waals surface area contributed by atoms with Crippen LogP contribution in [0.3, 0.4) is 0 Å². The second-order valence-corrected chi connectivity index (χ2v) is 6.96. The standard InChI is InChI=1S/C17H22N4O2S/c1-2-14(16(18)22)24-17-12-5-3-4-6-13(12)19-15(20-17)11-21-7-9-23-10-8-21/h3-6,14H,2,7-11H2,1H3,(H2,18,22). The van der Waals surface area contributed by atoms with Crippen LogP contribution in [0.2, 0.25) is 0 Å². The minimum absolute atomic E-state index is 0.278. The third-order valence-corrected chi connectivity index (χ3v) is 5.41. The van der Waals surface area contributed by atoms with Gasteiger partial charge in [-0.15, -0.1) is 0 Å². The maximum Gasteiger partial charge on any atom is 0.230 e. The largest absolute Gasteiger partial charge is 0.379 e. The molecule has 1 aromatic heterocycles. The first-order valence-corrected chi connectivity index (χ1v) is 9.07. The maximum atomic E-state index is 11.6. The van der Waals surface area contributed by atoms with Crippen LogP contribution < -0.4 is 5.73 Å². The molecule has 0 radical (unpaired) electrons. The van der Waals surface area contributed by atoms with Crippen molar-refractivity contribution in [1.29, 1.82) is 0 Å². The molecule has 1 saturated heterocycles. The fourth-order valence-corrected chi connectivity index (χ4v) is 3.70. The van der Waals surface area contributed by atoms with Gasteiger partial charge in [-0.2, -0.15) is 0 Å². The summed E-state index contributed by atoms with van der Waals surface area (Å²) in [6, 6.07) is 7.90. The molecule has 3 rings (SSSR count). The van der Waals surface area contributed by atoms with Crippen molar-refractivity contribution in [1.82, 2.24) is 14.9 Å². The molecule has 1 aliphatic heterocycles. The van der Waals surface area contributed by atoms with E-state index in [1.807, 2.05) is 31.2 Å². The molecule has 2 N–H and O–H groups in total. The molecular weight excluding hydrogens is 324 g/mol. The van der Waals surface area contributed by atoms with Crippen molar-refractivity contribution in [3.63, 3.8) is 0 Å². The highest BCUT2D eigenvalue weighted by Gasteiger charge is 2.19. The molecule has 2 heterocycles. The Balaban J connectivity index is 1.91. The Morgan fingerprint density at radius 1 is 1.33 bits per heavy atom. The number of morpholine rings is 1. The average molecular weight is 346 g/mol. The molecule has 1 amide bonds. The minimum Gasteiger partial charge on any atom is -0.379 e. The van der Waals surface area contributed by atoms with E-state index in [0.29, 0.717) is 13.0 Å². The number of hydrogen-bond donors (Lipinski definition) is 1.